The van der Waals surface area contributed by atoms with Crippen molar-refractivity contribution in [3.05, 3.63) is 41.1 Å². The lowest BCUT2D eigenvalue weighted by Gasteiger charge is -2.15. The molecule has 0 radical (unpaired) electrons. The Morgan fingerprint density at radius 3 is 2.67 bits per heavy atom. The van der Waals surface area contributed by atoms with E-state index >= 15 is 0 Å². The van der Waals surface area contributed by atoms with Crippen LogP contribution in [0, 0.1) is 13.8 Å². The first kappa shape index (κ1) is 16.5. The van der Waals surface area contributed by atoms with Gasteiger partial charge in [-0.1, -0.05) is 6.07 Å². The van der Waals surface area contributed by atoms with Crippen LogP contribution >= 0.6 is 0 Å². The summed E-state index contributed by atoms with van der Waals surface area (Å²) < 4.78 is 1.56. The zero-order chi connectivity index (χ0) is 19.3. The van der Waals surface area contributed by atoms with Crippen LogP contribution in [-0.4, -0.2) is 41.0 Å². The molecule has 136 valence electrons. The Morgan fingerprint density at radius 2 is 2.00 bits per heavy atom. The van der Waals surface area contributed by atoms with Gasteiger partial charge in [-0.15, -0.1) is 10.2 Å². The molecule has 0 fully saturated rings. The number of nitrogens with zero attached hydrogens (tertiary/aromatic N) is 5. The van der Waals surface area contributed by atoms with Crippen molar-refractivity contribution in [3.63, 3.8) is 0 Å². The molecule has 1 amide bonds. The van der Waals surface area contributed by atoms with Crippen LogP contribution in [0.15, 0.2) is 24.4 Å². The second-order valence-electron chi connectivity index (χ2n) is 6.11. The fraction of sp³-hybridized carbons (Fsp3) is 0.118. The lowest BCUT2D eigenvalue weighted by Crippen LogP contribution is -2.14. The number of phenolic OH excluding ortho intramolecular Hbond substituents is 1. The lowest BCUT2D eigenvalue weighted by molar-refractivity contribution is 0.100. The van der Waals surface area contributed by atoms with Gasteiger partial charge in [0.25, 0.3) is 5.91 Å². The van der Waals surface area contributed by atoms with Crippen molar-refractivity contribution in [1.29, 1.82) is 0 Å². The molecule has 0 unspecified atom stereocenters. The van der Waals surface area contributed by atoms with Crippen LogP contribution in [0.25, 0.3) is 28.4 Å². The zero-order valence-electron chi connectivity index (χ0n) is 14.6. The normalized spacial score (nSPS) is 11.2. The Hall–Kier alpha value is -3.95. The van der Waals surface area contributed by atoms with Crippen molar-refractivity contribution < 1.29 is 9.90 Å². The summed E-state index contributed by atoms with van der Waals surface area (Å²) in [6.07, 6.45) is 1.56. The topological polar surface area (TPSA) is 162 Å². The first-order chi connectivity index (χ1) is 12.9. The number of hydrogen-bond donors (Lipinski definition) is 4. The van der Waals surface area contributed by atoms with Crippen LogP contribution in [0.4, 0.5) is 5.82 Å². The van der Waals surface area contributed by atoms with Gasteiger partial charge in [-0.3, -0.25) is 14.5 Å². The molecule has 0 bridgehead atoms. The molecule has 0 saturated carbocycles. The Kier molecular flexibility index (Phi) is 3.55. The van der Waals surface area contributed by atoms with E-state index in [-0.39, 0.29) is 28.5 Å². The first-order valence-electron chi connectivity index (χ1n) is 8.03. The molecular formula is C17H16N8O2. The van der Waals surface area contributed by atoms with E-state index < -0.39 is 5.91 Å². The second-order valence-corrected chi connectivity index (χ2v) is 6.11. The van der Waals surface area contributed by atoms with Gasteiger partial charge in [-0.2, -0.15) is 5.10 Å². The largest absolute Gasteiger partial charge is 0.508 e. The summed E-state index contributed by atoms with van der Waals surface area (Å²) >= 11 is 0. The van der Waals surface area contributed by atoms with E-state index in [2.05, 4.69) is 25.4 Å². The summed E-state index contributed by atoms with van der Waals surface area (Å²) in [6.45, 7) is 3.61. The minimum atomic E-state index is -0.739. The lowest BCUT2D eigenvalue weighted by atomic mass is 10.1. The maximum absolute atomic E-state index is 12.0. The number of fused-ring (bicyclic) bond motifs is 1. The Labute approximate surface area is 152 Å². The molecular weight excluding hydrogens is 348 g/mol. The maximum Gasteiger partial charge on any atom is 0.254 e. The van der Waals surface area contributed by atoms with Crippen molar-refractivity contribution >= 4 is 22.9 Å². The van der Waals surface area contributed by atoms with Crippen molar-refractivity contribution in [3.8, 4) is 23.0 Å². The van der Waals surface area contributed by atoms with Gasteiger partial charge in [-0.05, 0) is 31.5 Å². The predicted molar refractivity (Wildman–Crippen MR) is 98.3 cm³/mol. The van der Waals surface area contributed by atoms with E-state index in [9.17, 15) is 9.90 Å². The number of hydrogen-bond acceptors (Lipinski definition) is 7. The third kappa shape index (κ3) is 2.38. The quantitative estimate of drug-likeness (QED) is 0.424. The third-order valence-electron chi connectivity index (χ3n) is 4.43. The Balaban J connectivity index is 2.14. The van der Waals surface area contributed by atoms with Crippen molar-refractivity contribution in [2.45, 2.75) is 13.8 Å². The van der Waals surface area contributed by atoms with Crippen molar-refractivity contribution in [1.82, 2.24) is 29.9 Å². The SMILES string of the molecule is Cc1ccc(O)c(C)c1-n1c(N)c(C(N)=O)c2nnc(-c3ccn[nH]3)nc21. The fourth-order valence-corrected chi connectivity index (χ4v) is 3.12. The number of anilines is 1. The van der Waals surface area contributed by atoms with Crippen LogP contribution in [-0.2, 0) is 0 Å². The number of carbonyl (C=O) groups excluding carboxylic acids is 1. The molecule has 0 aliphatic rings. The number of carbonyl (C=O) groups is 1. The summed E-state index contributed by atoms with van der Waals surface area (Å²) in [6, 6.07) is 5.03. The molecule has 6 N–H and O–H groups in total. The van der Waals surface area contributed by atoms with Gasteiger partial charge in [0.15, 0.2) is 5.65 Å². The summed E-state index contributed by atoms with van der Waals surface area (Å²) in [5.74, 6) is -0.284. The predicted octanol–water partition coefficient (Wildman–Crippen LogP) is 1.21. The molecule has 0 atom stereocenters. The van der Waals surface area contributed by atoms with Gasteiger partial charge < -0.3 is 16.6 Å². The fourth-order valence-electron chi connectivity index (χ4n) is 3.12. The number of aromatic nitrogens is 6. The van der Waals surface area contributed by atoms with Gasteiger partial charge in [0.05, 0.1) is 5.69 Å². The van der Waals surface area contributed by atoms with Gasteiger partial charge in [0.1, 0.15) is 28.3 Å². The summed E-state index contributed by atoms with van der Waals surface area (Å²) in [5.41, 5.74) is 14.9. The molecule has 1 aromatic carbocycles. The standard InChI is InChI=1S/C17H16N8O2/c1-7-3-4-10(26)8(2)13(7)25-14(18)11(15(19)27)12-17(25)21-16(24-23-12)9-5-6-20-22-9/h3-6,26H,18H2,1-2H3,(H2,19,27)(H,20,22). The highest BCUT2D eigenvalue weighted by Crippen LogP contribution is 2.35. The van der Waals surface area contributed by atoms with E-state index in [0.717, 1.165) is 5.56 Å². The van der Waals surface area contributed by atoms with E-state index in [0.29, 0.717) is 22.6 Å². The van der Waals surface area contributed by atoms with Crippen LogP contribution in [0.2, 0.25) is 0 Å². The second kappa shape index (κ2) is 5.80. The van der Waals surface area contributed by atoms with E-state index in [1.54, 1.807) is 35.9 Å². The molecule has 0 spiro atoms. The zero-order valence-corrected chi connectivity index (χ0v) is 14.6. The minimum Gasteiger partial charge on any atom is -0.508 e. The molecule has 3 heterocycles. The van der Waals surface area contributed by atoms with E-state index in [1.807, 2.05) is 6.92 Å². The molecule has 0 saturated heterocycles. The highest BCUT2D eigenvalue weighted by Gasteiger charge is 2.26. The monoisotopic (exact) mass is 364 g/mol. The number of aromatic hydroxyl groups is 1. The van der Waals surface area contributed by atoms with Crippen LogP contribution < -0.4 is 11.5 Å². The highest BCUT2D eigenvalue weighted by molar-refractivity contribution is 6.09. The molecule has 4 rings (SSSR count). The van der Waals surface area contributed by atoms with Crippen LogP contribution in [0.1, 0.15) is 21.5 Å². The number of benzene rings is 1. The number of primary amides is 1. The number of aromatic amines is 1. The molecule has 27 heavy (non-hydrogen) atoms. The van der Waals surface area contributed by atoms with Gasteiger partial charge >= 0.3 is 0 Å². The minimum absolute atomic E-state index is 0.0308. The molecule has 3 aromatic heterocycles. The van der Waals surface area contributed by atoms with E-state index in [1.165, 1.54) is 0 Å². The van der Waals surface area contributed by atoms with Gasteiger partial charge in [-0.25, -0.2) is 4.98 Å². The number of nitrogens with two attached hydrogens (primary N) is 2. The van der Waals surface area contributed by atoms with Crippen molar-refractivity contribution in [2.75, 3.05) is 5.73 Å². The number of amides is 1. The van der Waals surface area contributed by atoms with Gasteiger partial charge in [0.2, 0.25) is 5.82 Å². The number of rotatable bonds is 3. The van der Waals surface area contributed by atoms with Crippen molar-refractivity contribution in [2.24, 2.45) is 5.73 Å². The number of phenols is 1. The average Bonchev–Trinajstić information content (AvgIpc) is 3.25. The average molecular weight is 364 g/mol. The summed E-state index contributed by atoms with van der Waals surface area (Å²) in [7, 11) is 0. The number of nitrogen functional groups attached to an aromatic ring is 1. The number of H-pyrrole nitrogens is 1. The summed E-state index contributed by atoms with van der Waals surface area (Å²) in [5, 5.41) is 25.0. The maximum atomic E-state index is 12.0. The third-order valence-corrected chi connectivity index (χ3v) is 4.43. The molecule has 0 aliphatic carbocycles. The number of nitrogens with one attached hydrogen (secondary N) is 1. The first-order valence-corrected chi connectivity index (χ1v) is 8.03. The summed E-state index contributed by atoms with van der Waals surface area (Å²) in [4.78, 5) is 16.5. The number of aryl methyl sites for hydroxylation is 1. The highest BCUT2D eigenvalue weighted by atomic mass is 16.3. The van der Waals surface area contributed by atoms with Crippen LogP contribution in [0.5, 0.6) is 5.75 Å². The Bertz CT molecular complexity index is 1190. The molecule has 10 nitrogen and oxygen atoms in total. The molecule has 0 aliphatic heterocycles. The Morgan fingerprint density at radius 1 is 1.22 bits per heavy atom. The van der Waals surface area contributed by atoms with Crippen LogP contribution in [0.3, 0.4) is 0 Å². The molecule has 4 aromatic rings. The molecule has 10 heteroatoms. The van der Waals surface area contributed by atoms with Gasteiger partial charge in [0, 0.05) is 11.8 Å². The van der Waals surface area contributed by atoms with E-state index in [4.69, 9.17) is 11.5 Å². The smallest absolute Gasteiger partial charge is 0.254 e.